The predicted molar refractivity (Wildman–Crippen MR) is 119 cm³/mol. The molecule has 1 aliphatic rings. The van der Waals surface area contributed by atoms with Crippen molar-refractivity contribution in [3.63, 3.8) is 0 Å². The van der Waals surface area contributed by atoms with Gasteiger partial charge in [0.2, 0.25) is 11.6 Å². The number of benzene rings is 1. The van der Waals surface area contributed by atoms with Crippen LogP contribution >= 0.6 is 23.5 Å². The minimum Gasteiger partial charge on any atom is -0.504 e. The van der Waals surface area contributed by atoms with Gasteiger partial charge < -0.3 is 15.6 Å². The Bertz CT molecular complexity index is 1190. The van der Waals surface area contributed by atoms with Crippen LogP contribution < -0.4 is 15.9 Å². The molecule has 1 amide bonds. The van der Waals surface area contributed by atoms with Crippen LogP contribution in [0.25, 0.3) is 5.82 Å². The van der Waals surface area contributed by atoms with Crippen LogP contribution in [-0.2, 0) is 5.75 Å². The average molecular weight is 476 g/mol. The third-order valence-electron chi connectivity index (χ3n) is 4.15. The monoisotopic (exact) mass is 475 g/mol. The number of ether oxygens (including phenoxy) is 1. The van der Waals surface area contributed by atoms with E-state index in [0.29, 0.717) is 17.0 Å². The number of aromatic hydroxyl groups is 1. The summed E-state index contributed by atoms with van der Waals surface area (Å²) in [6, 6.07) is 4.65. The lowest BCUT2D eigenvalue weighted by molar-refractivity contribution is 0.0949. The number of carbonyl (C=O) groups excluding carboxylic acids is 1. The second-order valence-corrected chi connectivity index (χ2v) is 8.49. The highest BCUT2D eigenvalue weighted by Gasteiger charge is 2.24. The molecule has 1 aromatic carbocycles. The van der Waals surface area contributed by atoms with Crippen molar-refractivity contribution in [3.8, 4) is 17.3 Å². The molecule has 0 bridgehead atoms. The van der Waals surface area contributed by atoms with Crippen LogP contribution in [0.5, 0.6) is 11.5 Å². The van der Waals surface area contributed by atoms with Crippen LogP contribution in [0.15, 0.2) is 32.9 Å². The summed E-state index contributed by atoms with van der Waals surface area (Å²) in [5, 5.41) is 28.9. The molecule has 0 spiro atoms. The van der Waals surface area contributed by atoms with Gasteiger partial charge in [-0.1, -0.05) is 28.7 Å². The Hall–Kier alpha value is -3.59. The number of hydrazone groups is 1. The van der Waals surface area contributed by atoms with E-state index in [1.54, 1.807) is 23.9 Å². The summed E-state index contributed by atoms with van der Waals surface area (Å²) in [4.78, 5) is 17.1. The summed E-state index contributed by atoms with van der Waals surface area (Å²) in [5.74, 6) is 1.11. The Labute approximate surface area is 189 Å². The van der Waals surface area contributed by atoms with Crippen molar-refractivity contribution >= 4 is 45.8 Å². The third kappa shape index (κ3) is 4.67. The van der Waals surface area contributed by atoms with Gasteiger partial charge in [0.1, 0.15) is 4.38 Å². The van der Waals surface area contributed by atoms with E-state index < -0.39 is 5.91 Å². The number of phenolic OH excluding ortho intramolecular Hbond substituents is 1. The van der Waals surface area contributed by atoms with Crippen molar-refractivity contribution in [1.82, 2.24) is 30.7 Å². The van der Waals surface area contributed by atoms with Crippen molar-refractivity contribution in [3.05, 3.63) is 35.2 Å². The van der Waals surface area contributed by atoms with Crippen molar-refractivity contribution in [1.29, 1.82) is 0 Å². The Balaban J connectivity index is 1.54. The lowest BCUT2D eigenvalue weighted by Gasteiger charge is -2.05. The molecule has 13 nitrogen and oxygen atoms in total. The number of hydrogen-bond donors (Lipinski definition) is 3. The largest absolute Gasteiger partial charge is 0.504 e. The van der Waals surface area contributed by atoms with E-state index in [0.717, 1.165) is 16.7 Å². The summed E-state index contributed by atoms with van der Waals surface area (Å²) >= 11 is 3.09. The lowest BCUT2D eigenvalue weighted by Crippen LogP contribution is -2.20. The number of methoxy groups -OCH3 is 1. The SMILES string of the molecule is COc1cc(/C=N\NC(=O)c2nnn(-c3nonc3N)c2CSC2=NCCS2)ccc1O. The number of thioether (sulfide) groups is 2. The van der Waals surface area contributed by atoms with Crippen LogP contribution in [0, 0.1) is 0 Å². The normalized spacial score (nSPS) is 13.5. The van der Waals surface area contributed by atoms with Gasteiger partial charge in [-0.05, 0) is 34.1 Å². The van der Waals surface area contributed by atoms with Crippen molar-refractivity contribution in [2.75, 3.05) is 25.1 Å². The fourth-order valence-electron chi connectivity index (χ4n) is 2.64. The second kappa shape index (κ2) is 9.69. The fourth-order valence-corrected chi connectivity index (χ4v) is 4.64. The highest BCUT2D eigenvalue weighted by Crippen LogP contribution is 2.28. The Morgan fingerprint density at radius 2 is 2.38 bits per heavy atom. The minimum absolute atomic E-state index is 0.000842. The maximum atomic E-state index is 12.8. The predicted octanol–water partition coefficient (Wildman–Crippen LogP) is 1.05. The third-order valence-corrected chi connectivity index (χ3v) is 6.41. The Morgan fingerprint density at radius 1 is 1.50 bits per heavy atom. The quantitative estimate of drug-likeness (QED) is 0.328. The van der Waals surface area contributed by atoms with Gasteiger partial charge in [0.15, 0.2) is 17.2 Å². The lowest BCUT2D eigenvalue weighted by atomic mass is 10.2. The molecule has 3 aromatic rings. The van der Waals surface area contributed by atoms with Crippen molar-refractivity contribution in [2.45, 2.75) is 5.75 Å². The van der Waals surface area contributed by atoms with Gasteiger partial charge in [-0.15, -0.1) is 5.10 Å². The molecule has 0 unspecified atom stereocenters. The second-order valence-electron chi connectivity index (χ2n) is 6.18. The van der Waals surface area contributed by atoms with Crippen LogP contribution in [0.1, 0.15) is 21.7 Å². The fraction of sp³-hybridized carbons (Fsp3) is 0.235. The summed E-state index contributed by atoms with van der Waals surface area (Å²) in [6.45, 7) is 0.759. The molecule has 0 aliphatic carbocycles. The molecule has 4 N–H and O–H groups in total. The molecule has 4 rings (SSSR count). The van der Waals surface area contributed by atoms with Crippen molar-refractivity contribution < 1.29 is 19.3 Å². The van der Waals surface area contributed by atoms with E-state index in [1.165, 1.54) is 35.8 Å². The zero-order chi connectivity index (χ0) is 22.5. The number of carbonyl (C=O) groups is 1. The minimum atomic E-state index is -0.579. The molecule has 1 aliphatic heterocycles. The van der Waals surface area contributed by atoms with E-state index in [2.05, 4.69) is 40.8 Å². The summed E-state index contributed by atoms with van der Waals surface area (Å²) in [5.41, 5.74) is 9.29. The van der Waals surface area contributed by atoms with E-state index >= 15 is 0 Å². The number of amides is 1. The van der Waals surface area contributed by atoms with Crippen LogP contribution in [-0.4, -0.2) is 66.3 Å². The van der Waals surface area contributed by atoms with E-state index in [9.17, 15) is 9.90 Å². The Morgan fingerprint density at radius 3 is 3.09 bits per heavy atom. The average Bonchev–Trinajstić information content (AvgIpc) is 3.54. The molecule has 32 heavy (non-hydrogen) atoms. The van der Waals surface area contributed by atoms with Crippen LogP contribution in [0.4, 0.5) is 5.82 Å². The highest BCUT2D eigenvalue weighted by atomic mass is 32.2. The number of phenols is 1. The highest BCUT2D eigenvalue weighted by molar-refractivity contribution is 8.38. The number of nitrogens with zero attached hydrogens (tertiary/aromatic N) is 7. The first kappa shape index (κ1) is 21.6. The molecular weight excluding hydrogens is 458 g/mol. The van der Waals surface area contributed by atoms with E-state index in [1.807, 2.05) is 0 Å². The molecule has 0 fully saturated rings. The number of rotatable bonds is 7. The number of hydrogen-bond acceptors (Lipinski definition) is 13. The van der Waals surface area contributed by atoms with E-state index in [4.69, 9.17) is 10.5 Å². The number of nitrogen functional groups attached to an aromatic ring is 1. The van der Waals surface area contributed by atoms with Gasteiger partial charge in [0.05, 0.1) is 25.6 Å². The number of aliphatic imine (C=N–C) groups is 1. The summed E-state index contributed by atoms with van der Waals surface area (Å²) in [7, 11) is 1.44. The molecule has 0 saturated heterocycles. The molecule has 2 aromatic heterocycles. The van der Waals surface area contributed by atoms with Crippen molar-refractivity contribution in [2.24, 2.45) is 10.1 Å². The first-order valence-corrected chi connectivity index (χ1v) is 11.1. The number of aromatic nitrogens is 5. The smallest absolute Gasteiger partial charge is 0.293 e. The van der Waals surface area contributed by atoms with Gasteiger partial charge in [-0.2, -0.15) is 9.78 Å². The maximum Gasteiger partial charge on any atom is 0.293 e. The maximum absolute atomic E-state index is 12.8. The molecular formula is C17H17N9O4S2. The molecule has 0 radical (unpaired) electrons. The standard InChI is InChI=1S/C17H17N9O4S2/c1-29-12-6-9(2-3-11(12)27)7-20-22-16(28)13-10(8-32-17-19-4-5-31-17)26(25-21-13)15-14(18)23-30-24-15/h2-3,6-7,27H,4-5,8H2,1H3,(H2,18,23)(H,22,28)/b20-7-. The van der Waals surface area contributed by atoms with Gasteiger partial charge in [-0.3, -0.25) is 9.79 Å². The van der Waals surface area contributed by atoms with Crippen LogP contribution in [0.2, 0.25) is 0 Å². The van der Waals surface area contributed by atoms with Gasteiger partial charge in [-0.25, -0.2) is 10.1 Å². The summed E-state index contributed by atoms with van der Waals surface area (Å²) in [6.07, 6.45) is 1.40. The van der Waals surface area contributed by atoms with Gasteiger partial charge in [0, 0.05) is 11.5 Å². The Kier molecular flexibility index (Phi) is 6.55. The molecule has 0 saturated carbocycles. The van der Waals surface area contributed by atoms with Gasteiger partial charge >= 0.3 is 0 Å². The zero-order valence-corrected chi connectivity index (χ0v) is 18.3. The molecule has 3 heterocycles. The zero-order valence-electron chi connectivity index (χ0n) is 16.6. The first-order chi connectivity index (χ1) is 15.6. The number of nitrogens with one attached hydrogen (secondary N) is 1. The number of nitrogens with two attached hydrogens (primary N) is 1. The topological polar surface area (TPSA) is 179 Å². The van der Waals surface area contributed by atoms with Crippen LogP contribution in [0.3, 0.4) is 0 Å². The molecule has 166 valence electrons. The number of anilines is 1. The van der Waals surface area contributed by atoms with Gasteiger partial charge in [0.25, 0.3) is 5.91 Å². The van der Waals surface area contributed by atoms with E-state index in [-0.39, 0.29) is 28.8 Å². The molecule has 0 atom stereocenters. The summed E-state index contributed by atoms with van der Waals surface area (Å²) < 4.78 is 11.9. The molecule has 15 heteroatoms. The first-order valence-electron chi connectivity index (χ1n) is 9.10.